The molecule has 0 radical (unpaired) electrons. The van der Waals surface area contributed by atoms with Crippen LogP contribution < -0.4 is 9.64 Å². The van der Waals surface area contributed by atoms with Crippen LogP contribution in [0.25, 0.3) is 12.2 Å². The van der Waals surface area contributed by atoms with Gasteiger partial charge in [-0.3, -0.25) is 4.79 Å². The van der Waals surface area contributed by atoms with Crippen LogP contribution in [-0.4, -0.2) is 27.0 Å². The number of hydrogen-bond donors (Lipinski definition) is 0. The molecule has 0 amide bonds. The van der Waals surface area contributed by atoms with Gasteiger partial charge in [0.15, 0.2) is 5.78 Å². The molecule has 0 unspecified atom stereocenters. The highest BCUT2D eigenvalue weighted by Gasteiger charge is 2.20. The zero-order valence-corrected chi connectivity index (χ0v) is 15.7. The summed E-state index contributed by atoms with van der Waals surface area (Å²) in [5.74, 6) is 0.946. The van der Waals surface area contributed by atoms with Crippen LogP contribution in [0.15, 0.2) is 59.7 Å². The van der Waals surface area contributed by atoms with E-state index in [-0.39, 0.29) is 5.78 Å². The summed E-state index contributed by atoms with van der Waals surface area (Å²) in [5, 5.41) is 0. The fourth-order valence-electron chi connectivity index (χ4n) is 3.22. The van der Waals surface area contributed by atoms with Crippen molar-refractivity contribution < 1.29 is 9.53 Å². The lowest BCUT2D eigenvalue weighted by Gasteiger charge is -2.17. The molecule has 1 fully saturated rings. The van der Waals surface area contributed by atoms with Crippen molar-refractivity contribution >= 4 is 23.6 Å². The second-order valence-electron chi connectivity index (χ2n) is 6.75. The maximum absolute atomic E-state index is 12.9. The molecule has 3 nitrogen and oxygen atoms in total. The van der Waals surface area contributed by atoms with Crippen molar-refractivity contribution in [3.8, 4) is 5.75 Å². The molecule has 1 aliphatic carbocycles. The Hall–Kier alpha value is -2.81. The molecule has 26 heavy (non-hydrogen) atoms. The third kappa shape index (κ3) is 4.05. The third-order valence-electron chi connectivity index (χ3n) is 4.69. The van der Waals surface area contributed by atoms with Crippen molar-refractivity contribution in [3.05, 3.63) is 70.8 Å². The molecule has 134 valence electrons. The maximum Gasteiger partial charge on any atom is 0.185 e. The van der Waals surface area contributed by atoms with Crippen LogP contribution in [0.1, 0.15) is 30.4 Å². The Labute approximate surface area is 155 Å². The highest BCUT2D eigenvalue weighted by Crippen LogP contribution is 2.30. The first-order valence-corrected chi connectivity index (χ1v) is 8.95. The lowest BCUT2D eigenvalue weighted by atomic mass is 9.86. The molecule has 0 atom stereocenters. The molecule has 1 aliphatic rings. The average molecular weight is 347 g/mol. The minimum atomic E-state index is 0.152. The van der Waals surface area contributed by atoms with Gasteiger partial charge in [-0.05, 0) is 55.2 Å². The highest BCUT2D eigenvalue weighted by atomic mass is 16.5. The Balaban J connectivity index is 1.86. The molecular weight excluding hydrogens is 322 g/mol. The Morgan fingerprint density at radius 3 is 2.23 bits per heavy atom. The molecular formula is C23H25NO2. The van der Waals surface area contributed by atoms with Gasteiger partial charge in [0.1, 0.15) is 5.75 Å². The predicted octanol–water partition coefficient (Wildman–Crippen LogP) is 4.98. The first kappa shape index (κ1) is 18.0. The number of anilines is 1. The van der Waals surface area contributed by atoms with E-state index in [9.17, 15) is 4.79 Å². The minimum Gasteiger partial charge on any atom is -0.496 e. The number of Topliss-reactive ketones (excluding diaryl/α,β-unsaturated/α-hetero) is 1. The fourth-order valence-corrected chi connectivity index (χ4v) is 3.22. The van der Waals surface area contributed by atoms with E-state index in [2.05, 4.69) is 29.2 Å². The quantitative estimate of drug-likeness (QED) is 0.731. The molecule has 1 saturated carbocycles. The first-order chi connectivity index (χ1) is 12.6. The van der Waals surface area contributed by atoms with Gasteiger partial charge in [0.25, 0.3) is 0 Å². The highest BCUT2D eigenvalue weighted by molar-refractivity contribution is 6.14. The van der Waals surface area contributed by atoms with E-state index in [1.807, 2.05) is 50.5 Å². The van der Waals surface area contributed by atoms with E-state index in [0.29, 0.717) is 0 Å². The van der Waals surface area contributed by atoms with Crippen molar-refractivity contribution in [3.63, 3.8) is 0 Å². The van der Waals surface area contributed by atoms with Gasteiger partial charge >= 0.3 is 0 Å². The number of ketones is 1. The molecule has 0 aliphatic heterocycles. The summed E-state index contributed by atoms with van der Waals surface area (Å²) in [6.07, 6.45) is 6.64. The van der Waals surface area contributed by atoms with Gasteiger partial charge < -0.3 is 9.64 Å². The average Bonchev–Trinajstić information content (AvgIpc) is 2.66. The molecule has 0 saturated heterocycles. The summed E-state index contributed by atoms with van der Waals surface area (Å²) in [4.78, 5) is 15.0. The van der Waals surface area contributed by atoms with Gasteiger partial charge in [-0.15, -0.1) is 0 Å². The number of ether oxygens (including phenoxy) is 1. The van der Waals surface area contributed by atoms with Gasteiger partial charge in [-0.2, -0.15) is 0 Å². The van der Waals surface area contributed by atoms with Gasteiger partial charge in [0.05, 0.1) is 7.11 Å². The molecule has 0 N–H and O–H groups in total. The third-order valence-corrected chi connectivity index (χ3v) is 4.69. The van der Waals surface area contributed by atoms with Crippen molar-refractivity contribution in [1.82, 2.24) is 0 Å². The monoisotopic (exact) mass is 347 g/mol. The van der Waals surface area contributed by atoms with Crippen LogP contribution in [0.3, 0.4) is 0 Å². The van der Waals surface area contributed by atoms with Crippen molar-refractivity contribution in [2.45, 2.75) is 19.3 Å². The van der Waals surface area contributed by atoms with Crippen molar-refractivity contribution in [2.75, 3.05) is 26.1 Å². The van der Waals surface area contributed by atoms with Crippen LogP contribution in [0.5, 0.6) is 5.75 Å². The van der Waals surface area contributed by atoms with Gasteiger partial charge in [0, 0.05) is 36.5 Å². The summed E-state index contributed by atoms with van der Waals surface area (Å²) in [5.41, 5.74) is 4.92. The number of para-hydroxylation sites is 1. The van der Waals surface area contributed by atoms with E-state index in [1.165, 1.54) is 0 Å². The van der Waals surface area contributed by atoms with Crippen LogP contribution in [0.4, 0.5) is 5.69 Å². The second kappa shape index (κ2) is 8.05. The number of allylic oxidation sites excluding steroid dienone is 2. The molecule has 0 heterocycles. The van der Waals surface area contributed by atoms with E-state index in [0.717, 1.165) is 53.0 Å². The maximum atomic E-state index is 12.9. The Morgan fingerprint density at radius 1 is 0.923 bits per heavy atom. The molecule has 2 aromatic carbocycles. The number of carbonyl (C=O) groups is 1. The van der Waals surface area contributed by atoms with E-state index in [4.69, 9.17) is 4.74 Å². The van der Waals surface area contributed by atoms with Gasteiger partial charge in [-0.1, -0.05) is 30.3 Å². The number of hydrogen-bond acceptors (Lipinski definition) is 3. The summed E-state index contributed by atoms with van der Waals surface area (Å²) in [6.45, 7) is 0. The zero-order valence-electron chi connectivity index (χ0n) is 15.7. The summed E-state index contributed by atoms with van der Waals surface area (Å²) < 4.78 is 5.40. The fraction of sp³-hybridized carbons (Fsp3) is 0.261. The molecule has 2 aromatic rings. The molecule has 3 heteroatoms. The minimum absolute atomic E-state index is 0.152. The number of nitrogens with zero attached hydrogens (tertiary/aromatic N) is 1. The lowest BCUT2D eigenvalue weighted by molar-refractivity contribution is -0.112. The topological polar surface area (TPSA) is 29.5 Å². The number of carbonyl (C=O) groups excluding carboxylic acids is 1. The molecule has 0 spiro atoms. The number of benzene rings is 2. The largest absolute Gasteiger partial charge is 0.496 e. The van der Waals surface area contributed by atoms with Crippen LogP contribution >= 0.6 is 0 Å². The summed E-state index contributed by atoms with van der Waals surface area (Å²) in [6, 6.07) is 16.1. The van der Waals surface area contributed by atoms with E-state index in [1.54, 1.807) is 7.11 Å². The Bertz CT molecular complexity index is 845. The van der Waals surface area contributed by atoms with Crippen molar-refractivity contribution in [1.29, 1.82) is 0 Å². The van der Waals surface area contributed by atoms with Crippen LogP contribution in [0, 0.1) is 0 Å². The summed E-state index contributed by atoms with van der Waals surface area (Å²) >= 11 is 0. The Morgan fingerprint density at radius 2 is 1.58 bits per heavy atom. The number of rotatable bonds is 4. The smallest absolute Gasteiger partial charge is 0.185 e. The zero-order chi connectivity index (χ0) is 18.5. The van der Waals surface area contributed by atoms with Crippen LogP contribution in [0.2, 0.25) is 0 Å². The number of methoxy groups -OCH3 is 1. The molecule has 0 aromatic heterocycles. The standard InChI is InChI=1S/C23H25NO2/c1-24(2)21-13-11-17(12-14-21)15-19-8-6-9-20(23(19)25)16-18-7-4-5-10-22(18)26-3/h4-5,7,10-16H,6,8-9H2,1-3H3. The molecule has 0 bridgehead atoms. The Kier molecular flexibility index (Phi) is 5.57. The first-order valence-electron chi connectivity index (χ1n) is 8.95. The normalized spacial score (nSPS) is 17.6. The SMILES string of the molecule is COc1ccccc1C=C1CCCC(=Cc2ccc(N(C)C)cc2)C1=O. The van der Waals surface area contributed by atoms with E-state index < -0.39 is 0 Å². The van der Waals surface area contributed by atoms with Crippen LogP contribution in [-0.2, 0) is 4.79 Å². The predicted molar refractivity (Wildman–Crippen MR) is 109 cm³/mol. The van der Waals surface area contributed by atoms with Crippen molar-refractivity contribution in [2.24, 2.45) is 0 Å². The van der Waals surface area contributed by atoms with Gasteiger partial charge in [-0.25, -0.2) is 0 Å². The van der Waals surface area contributed by atoms with Gasteiger partial charge in [0.2, 0.25) is 0 Å². The van der Waals surface area contributed by atoms with E-state index >= 15 is 0 Å². The lowest BCUT2D eigenvalue weighted by Crippen LogP contribution is -2.12. The molecule has 3 rings (SSSR count). The second-order valence-corrected chi connectivity index (χ2v) is 6.75. The summed E-state index contributed by atoms with van der Waals surface area (Å²) in [7, 11) is 5.70.